The molecule has 2 aromatic carbocycles. The molecule has 1 aliphatic heterocycles. The van der Waals surface area contributed by atoms with E-state index in [0.717, 1.165) is 35.3 Å². The van der Waals surface area contributed by atoms with Crippen LogP contribution in [0.15, 0.2) is 34.8 Å². The molecule has 3 rings (SSSR count). The van der Waals surface area contributed by atoms with E-state index >= 15 is 0 Å². The average molecular weight is 456 g/mol. The lowest BCUT2D eigenvalue weighted by Gasteiger charge is -2.27. The molecule has 0 amide bonds. The van der Waals surface area contributed by atoms with Gasteiger partial charge in [-0.15, -0.1) is 0 Å². The summed E-state index contributed by atoms with van der Waals surface area (Å²) in [5, 5.41) is 0. The second-order valence-electron chi connectivity index (χ2n) is 6.34. The van der Waals surface area contributed by atoms with Crippen LogP contribution in [0.4, 0.5) is 8.78 Å². The number of benzene rings is 2. The molecular weight excluding hydrogens is 436 g/mol. The largest absolute Gasteiger partial charge is 0.488 e. The Morgan fingerprint density at radius 3 is 2.61 bits per heavy atom. The number of nitrogens with zero attached hydrogens (tertiary/aromatic N) is 1. The van der Waals surface area contributed by atoms with E-state index in [4.69, 9.17) is 14.2 Å². The summed E-state index contributed by atoms with van der Waals surface area (Å²) in [6.07, 6.45) is 0. The zero-order valence-corrected chi connectivity index (χ0v) is 16.9. The van der Waals surface area contributed by atoms with E-state index in [9.17, 15) is 13.6 Å². The minimum Gasteiger partial charge on any atom is -0.488 e. The normalized spacial score (nSPS) is 14.7. The second kappa shape index (κ2) is 9.45. The molecule has 2 aromatic rings. The van der Waals surface area contributed by atoms with Crippen LogP contribution in [-0.2, 0) is 22.6 Å². The predicted molar refractivity (Wildman–Crippen MR) is 102 cm³/mol. The molecule has 1 aliphatic rings. The van der Waals surface area contributed by atoms with Gasteiger partial charge < -0.3 is 14.2 Å². The van der Waals surface area contributed by atoms with E-state index in [0.29, 0.717) is 19.8 Å². The Kier molecular flexibility index (Phi) is 6.98. The van der Waals surface area contributed by atoms with Crippen LogP contribution < -0.4 is 4.74 Å². The Hall–Kier alpha value is -2.03. The van der Waals surface area contributed by atoms with E-state index in [1.165, 1.54) is 13.2 Å². The zero-order valence-electron chi connectivity index (χ0n) is 15.3. The number of rotatable bonds is 6. The van der Waals surface area contributed by atoms with Crippen molar-refractivity contribution in [2.45, 2.75) is 13.2 Å². The van der Waals surface area contributed by atoms with Crippen molar-refractivity contribution in [1.29, 1.82) is 0 Å². The number of methoxy groups -OCH3 is 1. The van der Waals surface area contributed by atoms with E-state index in [-0.39, 0.29) is 23.5 Å². The third-order valence-electron chi connectivity index (χ3n) is 4.45. The van der Waals surface area contributed by atoms with Gasteiger partial charge in [0, 0.05) is 35.7 Å². The number of halogens is 3. The van der Waals surface area contributed by atoms with Crippen LogP contribution in [-0.4, -0.2) is 44.3 Å². The summed E-state index contributed by atoms with van der Waals surface area (Å²) in [6.45, 7) is 3.46. The first-order valence-corrected chi connectivity index (χ1v) is 9.55. The molecule has 0 unspecified atom stereocenters. The Balaban J connectivity index is 1.85. The first-order chi connectivity index (χ1) is 13.5. The molecule has 0 N–H and O–H groups in total. The highest BCUT2D eigenvalue weighted by Crippen LogP contribution is 2.30. The average Bonchev–Trinajstić information content (AvgIpc) is 2.69. The first kappa shape index (κ1) is 20.7. The number of esters is 1. The standard InChI is InChI=1S/C20H20BrF2NO4/c1-26-20(25)16-10-17(21)14(11-24-4-6-27-7-5-24)8-19(16)28-12-13-2-3-15(22)9-18(13)23/h2-3,8-10H,4-7,11-12H2,1H3. The van der Waals surface area contributed by atoms with Gasteiger partial charge >= 0.3 is 5.97 Å². The molecule has 0 spiro atoms. The first-order valence-electron chi connectivity index (χ1n) is 8.75. The van der Waals surface area contributed by atoms with Crippen molar-refractivity contribution in [2.24, 2.45) is 0 Å². The van der Waals surface area contributed by atoms with Gasteiger partial charge in [0.2, 0.25) is 0 Å². The number of carbonyl (C=O) groups is 1. The van der Waals surface area contributed by atoms with Crippen molar-refractivity contribution in [3.8, 4) is 5.75 Å². The predicted octanol–water partition coefficient (Wildman–Crippen LogP) is 3.93. The smallest absolute Gasteiger partial charge is 0.341 e. The topological polar surface area (TPSA) is 48.0 Å². The third kappa shape index (κ3) is 5.06. The highest BCUT2D eigenvalue weighted by molar-refractivity contribution is 9.10. The van der Waals surface area contributed by atoms with Gasteiger partial charge in [0.25, 0.3) is 0 Å². The molecule has 28 heavy (non-hydrogen) atoms. The van der Waals surface area contributed by atoms with Crippen molar-refractivity contribution in [1.82, 2.24) is 4.90 Å². The van der Waals surface area contributed by atoms with E-state index in [1.807, 2.05) is 0 Å². The summed E-state index contributed by atoms with van der Waals surface area (Å²) >= 11 is 3.50. The maximum Gasteiger partial charge on any atom is 0.341 e. The number of hydrogen-bond acceptors (Lipinski definition) is 5. The van der Waals surface area contributed by atoms with E-state index in [1.54, 1.807) is 12.1 Å². The van der Waals surface area contributed by atoms with Crippen LogP contribution in [0.1, 0.15) is 21.5 Å². The quantitative estimate of drug-likeness (QED) is 0.617. The van der Waals surface area contributed by atoms with Gasteiger partial charge in [-0.05, 0) is 29.8 Å². The van der Waals surface area contributed by atoms with E-state index in [2.05, 4.69) is 20.8 Å². The fourth-order valence-corrected chi connectivity index (χ4v) is 3.37. The summed E-state index contributed by atoms with van der Waals surface area (Å²) in [6, 6.07) is 6.65. The molecule has 0 atom stereocenters. The lowest BCUT2D eigenvalue weighted by atomic mass is 10.1. The molecular formula is C20H20BrF2NO4. The van der Waals surface area contributed by atoms with Gasteiger partial charge in [0.15, 0.2) is 0 Å². The minimum atomic E-state index is -0.703. The fraction of sp³-hybridized carbons (Fsp3) is 0.350. The van der Waals surface area contributed by atoms with Crippen LogP contribution in [0.2, 0.25) is 0 Å². The van der Waals surface area contributed by atoms with Crippen LogP contribution in [0.25, 0.3) is 0 Å². The molecule has 5 nitrogen and oxygen atoms in total. The zero-order chi connectivity index (χ0) is 20.1. The molecule has 1 fully saturated rings. The number of carbonyl (C=O) groups excluding carboxylic acids is 1. The Labute approximate surface area is 170 Å². The molecule has 0 aliphatic carbocycles. The summed E-state index contributed by atoms with van der Waals surface area (Å²) in [4.78, 5) is 14.4. The monoisotopic (exact) mass is 455 g/mol. The SMILES string of the molecule is COC(=O)c1cc(Br)c(CN2CCOCC2)cc1OCc1ccc(F)cc1F. The number of ether oxygens (including phenoxy) is 3. The Morgan fingerprint density at radius 1 is 1.18 bits per heavy atom. The van der Waals surface area contributed by atoms with Crippen molar-refractivity contribution < 1.29 is 27.8 Å². The van der Waals surface area contributed by atoms with E-state index < -0.39 is 17.6 Å². The minimum absolute atomic E-state index is 0.144. The van der Waals surface area contributed by atoms with Crippen molar-refractivity contribution in [3.05, 3.63) is 63.1 Å². The third-order valence-corrected chi connectivity index (χ3v) is 5.19. The molecule has 8 heteroatoms. The van der Waals surface area contributed by atoms with Crippen LogP contribution >= 0.6 is 15.9 Å². The maximum absolute atomic E-state index is 13.9. The molecule has 0 radical (unpaired) electrons. The van der Waals surface area contributed by atoms with Crippen molar-refractivity contribution in [2.75, 3.05) is 33.4 Å². The van der Waals surface area contributed by atoms with Crippen LogP contribution in [0.3, 0.4) is 0 Å². The summed E-state index contributed by atoms with van der Waals surface area (Å²) in [5.74, 6) is -1.64. The molecule has 1 heterocycles. The molecule has 1 saturated heterocycles. The maximum atomic E-state index is 13.9. The fourth-order valence-electron chi connectivity index (χ4n) is 2.90. The second-order valence-corrected chi connectivity index (χ2v) is 7.20. The number of hydrogen-bond donors (Lipinski definition) is 0. The highest BCUT2D eigenvalue weighted by Gasteiger charge is 2.19. The lowest BCUT2D eigenvalue weighted by Crippen LogP contribution is -2.35. The molecule has 150 valence electrons. The van der Waals surface area contributed by atoms with Gasteiger partial charge in [0.1, 0.15) is 29.6 Å². The summed E-state index contributed by atoms with van der Waals surface area (Å²) < 4.78 is 43.6. The van der Waals surface area contributed by atoms with Gasteiger partial charge in [-0.25, -0.2) is 13.6 Å². The lowest BCUT2D eigenvalue weighted by molar-refractivity contribution is 0.0340. The van der Waals surface area contributed by atoms with Crippen LogP contribution in [0, 0.1) is 11.6 Å². The van der Waals surface area contributed by atoms with Gasteiger partial charge in [0.05, 0.1) is 20.3 Å². The number of morpholine rings is 1. The molecule has 0 aromatic heterocycles. The van der Waals surface area contributed by atoms with Gasteiger partial charge in [-0.2, -0.15) is 0 Å². The van der Waals surface area contributed by atoms with Gasteiger partial charge in [-0.3, -0.25) is 4.90 Å². The molecule has 0 saturated carbocycles. The summed E-state index contributed by atoms with van der Waals surface area (Å²) in [7, 11) is 1.28. The van der Waals surface area contributed by atoms with Crippen molar-refractivity contribution >= 4 is 21.9 Å². The Morgan fingerprint density at radius 2 is 1.93 bits per heavy atom. The Bertz CT molecular complexity index is 856. The summed E-state index contributed by atoms with van der Waals surface area (Å²) in [5.41, 5.74) is 1.33. The van der Waals surface area contributed by atoms with Crippen LogP contribution in [0.5, 0.6) is 5.75 Å². The highest BCUT2D eigenvalue weighted by atomic mass is 79.9. The molecule has 0 bridgehead atoms. The van der Waals surface area contributed by atoms with Crippen molar-refractivity contribution in [3.63, 3.8) is 0 Å². The van der Waals surface area contributed by atoms with Gasteiger partial charge in [-0.1, -0.05) is 15.9 Å².